The number of halogens is 2. The van der Waals surface area contributed by atoms with E-state index in [0.717, 1.165) is 48.4 Å². The molecule has 7 rings (SSSR count). The van der Waals surface area contributed by atoms with Gasteiger partial charge in [0.1, 0.15) is 24.0 Å². The van der Waals surface area contributed by atoms with Gasteiger partial charge in [-0.25, -0.2) is 13.8 Å². The summed E-state index contributed by atoms with van der Waals surface area (Å²) in [5.41, 5.74) is 3.03. The highest BCUT2D eigenvalue weighted by Crippen LogP contribution is 2.47. The fourth-order valence-electron chi connectivity index (χ4n) is 7.88. The molecule has 3 amide bonds. The predicted molar refractivity (Wildman–Crippen MR) is 165 cm³/mol. The maximum Gasteiger partial charge on any atom is 0.244 e. The molecule has 3 aromatic rings. The van der Waals surface area contributed by atoms with E-state index in [1.54, 1.807) is 12.3 Å². The summed E-state index contributed by atoms with van der Waals surface area (Å²) < 4.78 is 28.5. The summed E-state index contributed by atoms with van der Waals surface area (Å²) in [6.07, 6.45) is 10.3. The van der Waals surface area contributed by atoms with Gasteiger partial charge in [0.15, 0.2) is 0 Å². The van der Waals surface area contributed by atoms with Crippen molar-refractivity contribution in [1.29, 1.82) is 0 Å². The van der Waals surface area contributed by atoms with Crippen LogP contribution in [0.1, 0.15) is 73.2 Å². The Labute approximate surface area is 261 Å². The number of carbonyl (C=O) groups excluding carboxylic acids is 3. The van der Waals surface area contributed by atoms with Crippen LogP contribution >= 0.6 is 0 Å². The molecule has 2 aliphatic carbocycles. The number of benzene rings is 2. The third kappa shape index (κ3) is 5.72. The molecule has 1 saturated heterocycles. The van der Waals surface area contributed by atoms with Crippen molar-refractivity contribution in [3.05, 3.63) is 88.6 Å². The standard InChI is InChI=1S/C35H37F2N5O3/c36-25-13-23(14-26(37)16-25)30-19-39-29(12-21-6-3-1-2-4-7-21)33(44)42(30)20-31(43)40-27-10-9-22-17-35(18-24(22)15-27)28-8-5-11-38-32(28)41-34(35)45/h5,8-11,13-16,21,29-30,39H,1-4,6-7,12,17-20H2,(H,40,43)(H,38,41,45)/t29-,30?,35?/m1/s1. The number of fused-ring (bicyclic) bond motifs is 3. The topological polar surface area (TPSA) is 103 Å². The first kappa shape index (κ1) is 29.5. The Morgan fingerprint density at radius 1 is 0.978 bits per heavy atom. The summed E-state index contributed by atoms with van der Waals surface area (Å²) in [5.74, 6) is -1.15. The number of nitrogens with zero attached hydrogens (tertiary/aromatic N) is 2. The van der Waals surface area contributed by atoms with E-state index in [2.05, 4.69) is 20.9 Å². The molecule has 3 heterocycles. The summed E-state index contributed by atoms with van der Waals surface area (Å²) >= 11 is 0. The normalized spacial score (nSPS) is 24.7. The lowest BCUT2D eigenvalue weighted by atomic mass is 9.79. The van der Waals surface area contributed by atoms with E-state index in [-0.39, 0.29) is 18.4 Å². The van der Waals surface area contributed by atoms with Crippen LogP contribution in [0.3, 0.4) is 0 Å². The molecule has 8 nitrogen and oxygen atoms in total. The monoisotopic (exact) mass is 613 g/mol. The third-order valence-electron chi connectivity index (χ3n) is 10.1. The highest BCUT2D eigenvalue weighted by molar-refractivity contribution is 6.06. The SMILES string of the molecule is O=C(CN1C(=O)[C@@H](CC2CCCCCC2)NCC1c1cc(F)cc(F)c1)Nc1ccc2c(c1)CC1(C2)C(=O)Nc2ncccc21. The van der Waals surface area contributed by atoms with Crippen LogP contribution < -0.4 is 16.0 Å². The molecule has 2 aromatic carbocycles. The minimum absolute atomic E-state index is 0.0755. The molecule has 1 spiro atoms. The smallest absolute Gasteiger partial charge is 0.244 e. The molecule has 1 saturated carbocycles. The van der Waals surface area contributed by atoms with E-state index in [4.69, 9.17) is 0 Å². The number of nitrogens with one attached hydrogen (secondary N) is 3. The number of anilines is 2. The van der Waals surface area contributed by atoms with E-state index in [1.807, 2.05) is 24.3 Å². The highest BCUT2D eigenvalue weighted by atomic mass is 19.1. The number of hydrogen-bond acceptors (Lipinski definition) is 5. The first-order valence-electron chi connectivity index (χ1n) is 16.0. The Kier molecular flexibility index (Phi) is 7.85. The molecule has 2 unspecified atom stereocenters. The zero-order valence-corrected chi connectivity index (χ0v) is 25.1. The Morgan fingerprint density at radius 3 is 2.51 bits per heavy atom. The fourth-order valence-corrected chi connectivity index (χ4v) is 7.88. The van der Waals surface area contributed by atoms with Gasteiger partial charge in [-0.1, -0.05) is 50.7 Å². The molecule has 3 atom stereocenters. The lowest BCUT2D eigenvalue weighted by molar-refractivity contribution is -0.142. The summed E-state index contributed by atoms with van der Waals surface area (Å²) in [5, 5.41) is 9.18. The van der Waals surface area contributed by atoms with Gasteiger partial charge in [0, 0.05) is 30.1 Å². The number of rotatable bonds is 6. The summed E-state index contributed by atoms with van der Waals surface area (Å²) in [6, 6.07) is 11.5. The predicted octanol–water partition coefficient (Wildman–Crippen LogP) is 5.19. The number of pyridine rings is 1. The van der Waals surface area contributed by atoms with Crippen molar-refractivity contribution in [1.82, 2.24) is 15.2 Å². The van der Waals surface area contributed by atoms with Gasteiger partial charge < -0.3 is 20.9 Å². The van der Waals surface area contributed by atoms with Crippen molar-refractivity contribution in [2.75, 3.05) is 23.7 Å². The van der Waals surface area contributed by atoms with Crippen molar-refractivity contribution in [2.45, 2.75) is 75.3 Å². The average Bonchev–Trinajstić information content (AvgIpc) is 3.38. The number of aromatic nitrogens is 1. The van der Waals surface area contributed by atoms with Gasteiger partial charge in [-0.15, -0.1) is 0 Å². The van der Waals surface area contributed by atoms with Crippen molar-refractivity contribution in [2.24, 2.45) is 5.92 Å². The maximum atomic E-state index is 14.2. The van der Waals surface area contributed by atoms with Gasteiger partial charge in [0.2, 0.25) is 17.7 Å². The summed E-state index contributed by atoms with van der Waals surface area (Å²) in [7, 11) is 0. The third-order valence-corrected chi connectivity index (χ3v) is 10.1. The first-order chi connectivity index (χ1) is 21.8. The van der Waals surface area contributed by atoms with Gasteiger partial charge in [-0.05, 0) is 72.2 Å². The lowest BCUT2D eigenvalue weighted by Crippen LogP contribution is -2.58. The van der Waals surface area contributed by atoms with E-state index in [1.165, 1.54) is 29.9 Å². The lowest BCUT2D eigenvalue weighted by Gasteiger charge is -2.40. The summed E-state index contributed by atoms with van der Waals surface area (Å²) in [6.45, 7) is 0.0333. The molecule has 234 valence electrons. The molecule has 3 N–H and O–H groups in total. The van der Waals surface area contributed by atoms with Crippen molar-refractivity contribution < 1.29 is 23.2 Å². The first-order valence-corrected chi connectivity index (χ1v) is 16.0. The van der Waals surface area contributed by atoms with Crippen molar-refractivity contribution in [3.63, 3.8) is 0 Å². The molecular weight excluding hydrogens is 576 g/mol. The molecule has 4 aliphatic rings. The van der Waals surface area contributed by atoms with E-state index >= 15 is 0 Å². The Morgan fingerprint density at radius 2 is 1.73 bits per heavy atom. The van der Waals surface area contributed by atoms with Crippen LogP contribution in [-0.2, 0) is 32.6 Å². The number of amides is 3. The van der Waals surface area contributed by atoms with Gasteiger partial charge >= 0.3 is 0 Å². The minimum atomic E-state index is -0.729. The zero-order valence-electron chi connectivity index (χ0n) is 25.1. The highest BCUT2D eigenvalue weighted by Gasteiger charge is 2.51. The minimum Gasteiger partial charge on any atom is -0.325 e. The Balaban J connectivity index is 1.09. The van der Waals surface area contributed by atoms with Crippen LogP contribution in [0.4, 0.5) is 20.3 Å². The van der Waals surface area contributed by atoms with E-state index < -0.39 is 35.0 Å². The van der Waals surface area contributed by atoms with E-state index in [9.17, 15) is 23.2 Å². The molecule has 0 radical (unpaired) electrons. The van der Waals surface area contributed by atoms with E-state index in [0.29, 0.717) is 48.8 Å². The van der Waals surface area contributed by atoms with Gasteiger partial charge in [-0.2, -0.15) is 0 Å². The number of carbonyl (C=O) groups is 3. The van der Waals surface area contributed by atoms with Crippen LogP contribution in [0.5, 0.6) is 0 Å². The van der Waals surface area contributed by atoms with Crippen LogP contribution in [0, 0.1) is 17.6 Å². The molecule has 2 aliphatic heterocycles. The number of piperazine rings is 1. The van der Waals surface area contributed by atoms with Gasteiger partial charge in [0.05, 0.1) is 17.5 Å². The second kappa shape index (κ2) is 12.0. The molecular formula is C35H37F2N5O3. The largest absolute Gasteiger partial charge is 0.325 e. The quantitative estimate of drug-likeness (QED) is 0.332. The van der Waals surface area contributed by atoms with Crippen LogP contribution in [0.2, 0.25) is 0 Å². The van der Waals surface area contributed by atoms with Crippen LogP contribution in [0.25, 0.3) is 0 Å². The Hall–Kier alpha value is -4.18. The van der Waals surface area contributed by atoms with Crippen molar-refractivity contribution in [3.8, 4) is 0 Å². The second-order valence-electron chi connectivity index (χ2n) is 13.1. The van der Waals surface area contributed by atoms with Gasteiger partial charge in [0.25, 0.3) is 0 Å². The molecule has 2 fully saturated rings. The average molecular weight is 614 g/mol. The molecule has 1 aromatic heterocycles. The number of hydrogen-bond donors (Lipinski definition) is 3. The molecule has 0 bridgehead atoms. The molecule has 10 heteroatoms. The maximum absolute atomic E-state index is 14.2. The van der Waals surface area contributed by atoms with Gasteiger partial charge in [-0.3, -0.25) is 14.4 Å². The summed E-state index contributed by atoms with van der Waals surface area (Å²) in [4.78, 5) is 46.3. The van der Waals surface area contributed by atoms with Crippen molar-refractivity contribution >= 4 is 29.2 Å². The zero-order chi connectivity index (χ0) is 31.1. The van der Waals surface area contributed by atoms with Crippen LogP contribution in [0.15, 0.2) is 54.7 Å². The van der Waals surface area contributed by atoms with Crippen LogP contribution in [-0.4, -0.2) is 46.7 Å². The molecule has 45 heavy (non-hydrogen) atoms. The second-order valence-corrected chi connectivity index (χ2v) is 13.1. The Bertz CT molecular complexity index is 1640. The fraction of sp³-hybridized carbons (Fsp3) is 0.429.